The average molecular weight is 482 g/mol. The van der Waals surface area contributed by atoms with Gasteiger partial charge in [0, 0.05) is 0 Å². The third-order valence-corrected chi connectivity index (χ3v) is 4.88. The molecule has 2 aromatic rings. The molecule has 28 heavy (non-hydrogen) atoms. The number of nitriles is 1. The van der Waals surface area contributed by atoms with Gasteiger partial charge in [-0.25, -0.2) is 0 Å². The average Bonchev–Trinajstić information content (AvgIpc) is 2.68. The Bertz CT molecular complexity index is 984. The van der Waals surface area contributed by atoms with Gasteiger partial charge in [0.25, 0.3) is 5.91 Å². The highest BCUT2D eigenvalue weighted by Crippen LogP contribution is 2.37. The number of carbonyl (C=O) groups is 1. The van der Waals surface area contributed by atoms with Crippen LogP contribution in [0.1, 0.15) is 5.56 Å². The quantitative estimate of drug-likeness (QED) is 0.304. The van der Waals surface area contributed by atoms with Crippen LogP contribution in [0.4, 0.5) is 5.69 Å². The molecule has 0 aliphatic heterocycles. The topological polar surface area (TPSA) is 71.3 Å². The SMILES string of the molecule is C=CCOc1c(Br)cc(/C=C(/C#N)C(=O)Nc2cccc(Cl)c2Cl)cc1OC. The number of amides is 1. The molecule has 0 aromatic heterocycles. The van der Waals surface area contributed by atoms with Crippen molar-refractivity contribution in [3.63, 3.8) is 0 Å². The van der Waals surface area contributed by atoms with Crippen LogP contribution in [-0.2, 0) is 4.79 Å². The molecule has 1 amide bonds. The van der Waals surface area contributed by atoms with Gasteiger partial charge >= 0.3 is 0 Å². The summed E-state index contributed by atoms with van der Waals surface area (Å²) in [5.41, 5.74) is 0.760. The monoisotopic (exact) mass is 480 g/mol. The molecule has 0 radical (unpaired) electrons. The Morgan fingerprint density at radius 1 is 1.39 bits per heavy atom. The zero-order valence-electron chi connectivity index (χ0n) is 14.8. The molecule has 0 aliphatic rings. The lowest BCUT2D eigenvalue weighted by Gasteiger charge is -2.12. The Hall–Kier alpha value is -2.46. The second-order valence-electron chi connectivity index (χ2n) is 5.36. The van der Waals surface area contributed by atoms with E-state index in [4.69, 9.17) is 32.7 Å². The van der Waals surface area contributed by atoms with Crippen LogP contribution in [0.2, 0.25) is 10.0 Å². The molecule has 2 rings (SSSR count). The van der Waals surface area contributed by atoms with Crippen LogP contribution in [0, 0.1) is 11.3 Å². The van der Waals surface area contributed by atoms with E-state index in [2.05, 4.69) is 27.8 Å². The van der Waals surface area contributed by atoms with Gasteiger partial charge in [0.15, 0.2) is 11.5 Å². The van der Waals surface area contributed by atoms with Gasteiger partial charge in [-0.2, -0.15) is 5.26 Å². The number of nitrogens with zero attached hydrogens (tertiary/aromatic N) is 1. The minimum atomic E-state index is -0.617. The molecule has 0 unspecified atom stereocenters. The van der Waals surface area contributed by atoms with Gasteiger partial charge in [-0.3, -0.25) is 4.79 Å². The Morgan fingerprint density at radius 2 is 2.14 bits per heavy atom. The lowest BCUT2D eigenvalue weighted by molar-refractivity contribution is -0.112. The van der Waals surface area contributed by atoms with Crippen molar-refractivity contribution in [2.45, 2.75) is 0 Å². The molecule has 1 N–H and O–H groups in total. The van der Waals surface area contributed by atoms with Crippen molar-refractivity contribution in [1.29, 1.82) is 5.26 Å². The summed E-state index contributed by atoms with van der Waals surface area (Å²) in [6.07, 6.45) is 3.04. The molecule has 0 atom stereocenters. The van der Waals surface area contributed by atoms with Crippen LogP contribution in [0.5, 0.6) is 11.5 Å². The van der Waals surface area contributed by atoms with E-state index < -0.39 is 5.91 Å². The summed E-state index contributed by atoms with van der Waals surface area (Å²) in [6, 6.07) is 10.1. The lowest BCUT2D eigenvalue weighted by atomic mass is 10.1. The van der Waals surface area contributed by atoms with Crippen molar-refractivity contribution in [2.75, 3.05) is 19.0 Å². The summed E-state index contributed by atoms with van der Waals surface area (Å²) < 4.78 is 11.5. The first-order valence-electron chi connectivity index (χ1n) is 7.89. The highest BCUT2D eigenvalue weighted by Gasteiger charge is 2.15. The minimum Gasteiger partial charge on any atom is -0.493 e. The van der Waals surface area contributed by atoms with Crippen molar-refractivity contribution >= 4 is 56.8 Å². The molecule has 0 saturated carbocycles. The Morgan fingerprint density at radius 3 is 2.79 bits per heavy atom. The molecule has 8 heteroatoms. The minimum absolute atomic E-state index is 0.121. The van der Waals surface area contributed by atoms with Gasteiger partial charge in [0.05, 0.1) is 27.3 Å². The maximum atomic E-state index is 12.5. The number of hydrogen-bond acceptors (Lipinski definition) is 4. The molecular formula is C20H15BrCl2N2O3. The van der Waals surface area contributed by atoms with Crippen molar-refractivity contribution < 1.29 is 14.3 Å². The largest absolute Gasteiger partial charge is 0.493 e. The van der Waals surface area contributed by atoms with Crippen molar-refractivity contribution in [1.82, 2.24) is 0 Å². The van der Waals surface area contributed by atoms with E-state index >= 15 is 0 Å². The number of halogens is 3. The second kappa shape index (κ2) is 10.2. The van der Waals surface area contributed by atoms with Crippen molar-refractivity contribution in [3.8, 4) is 17.6 Å². The highest BCUT2D eigenvalue weighted by molar-refractivity contribution is 9.10. The van der Waals surface area contributed by atoms with E-state index in [1.54, 1.807) is 36.4 Å². The third-order valence-electron chi connectivity index (χ3n) is 3.47. The maximum absolute atomic E-state index is 12.5. The van der Waals surface area contributed by atoms with Gasteiger partial charge in [-0.15, -0.1) is 0 Å². The molecule has 0 spiro atoms. The number of anilines is 1. The number of nitrogens with one attached hydrogen (secondary N) is 1. The molecule has 144 valence electrons. The van der Waals surface area contributed by atoms with Crippen molar-refractivity contribution in [2.24, 2.45) is 0 Å². The molecule has 0 fully saturated rings. The molecule has 5 nitrogen and oxygen atoms in total. The standard InChI is InChI=1S/C20H15BrCl2N2O3/c1-3-7-28-19-14(21)9-12(10-17(19)27-2)8-13(11-24)20(26)25-16-6-4-5-15(22)18(16)23/h3-6,8-10H,1,7H2,2H3,(H,25,26)/b13-8-. The first kappa shape index (κ1) is 21.8. The lowest BCUT2D eigenvalue weighted by Crippen LogP contribution is -2.13. The fourth-order valence-electron chi connectivity index (χ4n) is 2.21. The van der Waals surface area contributed by atoms with Gasteiger partial charge in [-0.05, 0) is 51.8 Å². The zero-order valence-corrected chi connectivity index (χ0v) is 17.9. The van der Waals surface area contributed by atoms with E-state index in [0.29, 0.717) is 38.9 Å². The normalized spacial score (nSPS) is 10.8. The van der Waals surface area contributed by atoms with E-state index in [0.717, 1.165) is 0 Å². The molecule has 0 heterocycles. The Kier molecular flexibility index (Phi) is 7.94. The maximum Gasteiger partial charge on any atom is 0.266 e. The van der Waals surface area contributed by atoms with Gasteiger partial charge in [0.1, 0.15) is 18.2 Å². The van der Waals surface area contributed by atoms with Crippen LogP contribution in [0.3, 0.4) is 0 Å². The predicted molar refractivity (Wildman–Crippen MR) is 115 cm³/mol. The first-order chi connectivity index (χ1) is 13.4. The molecule has 0 aliphatic carbocycles. The van der Waals surface area contributed by atoms with Crippen LogP contribution < -0.4 is 14.8 Å². The van der Waals surface area contributed by atoms with Gasteiger partial charge in [0.2, 0.25) is 0 Å². The van der Waals surface area contributed by atoms with E-state index in [-0.39, 0.29) is 10.6 Å². The van der Waals surface area contributed by atoms with Crippen LogP contribution in [0.15, 0.2) is 53.0 Å². The van der Waals surface area contributed by atoms with Crippen LogP contribution in [0.25, 0.3) is 6.08 Å². The first-order valence-corrected chi connectivity index (χ1v) is 9.44. The number of hydrogen-bond donors (Lipinski definition) is 1. The molecule has 2 aromatic carbocycles. The summed E-state index contributed by atoms with van der Waals surface area (Å²) in [4.78, 5) is 12.5. The summed E-state index contributed by atoms with van der Waals surface area (Å²) >= 11 is 15.4. The molecule has 0 saturated heterocycles. The third kappa shape index (κ3) is 5.29. The fourth-order valence-corrected chi connectivity index (χ4v) is 3.13. The van der Waals surface area contributed by atoms with Gasteiger partial charge < -0.3 is 14.8 Å². The second-order valence-corrected chi connectivity index (χ2v) is 7.00. The number of carbonyl (C=O) groups excluding carboxylic acids is 1. The fraction of sp³-hybridized carbons (Fsp3) is 0.100. The van der Waals surface area contributed by atoms with Crippen LogP contribution in [-0.4, -0.2) is 19.6 Å². The predicted octanol–water partition coefficient (Wildman–Crippen LogP) is 5.87. The summed E-state index contributed by atoms with van der Waals surface area (Å²) in [5, 5.41) is 12.5. The summed E-state index contributed by atoms with van der Waals surface area (Å²) in [5.74, 6) is 0.319. The summed E-state index contributed by atoms with van der Waals surface area (Å²) in [6.45, 7) is 3.91. The number of ether oxygens (including phenoxy) is 2. The molecule has 0 bridgehead atoms. The number of benzene rings is 2. The summed E-state index contributed by atoms with van der Waals surface area (Å²) in [7, 11) is 1.50. The molecular weight excluding hydrogens is 467 g/mol. The number of methoxy groups -OCH3 is 1. The van der Waals surface area contributed by atoms with Crippen LogP contribution >= 0.6 is 39.1 Å². The zero-order chi connectivity index (χ0) is 20.7. The van der Waals surface area contributed by atoms with Gasteiger partial charge in [-0.1, -0.05) is 41.9 Å². The van der Waals surface area contributed by atoms with Crippen molar-refractivity contribution in [3.05, 3.63) is 68.6 Å². The van der Waals surface area contributed by atoms with E-state index in [1.807, 2.05) is 6.07 Å². The number of rotatable bonds is 7. The Balaban J connectivity index is 2.34. The van der Waals surface area contributed by atoms with E-state index in [9.17, 15) is 10.1 Å². The Labute approximate surface area is 181 Å². The highest BCUT2D eigenvalue weighted by atomic mass is 79.9. The smallest absolute Gasteiger partial charge is 0.266 e. The van der Waals surface area contributed by atoms with E-state index in [1.165, 1.54) is 13.2 Å².